The van der Waals surface area contributed by atoms with Gasteiger partial charge in [-0.3, -0.25) is 0 Å². The highest BCUT2D eigenvalue weighted by molar-refractivity contribution is 8.00. The second-order valence-electron chi connectivity index (χ2n) is 10.8. The van der Waals surface area contributed by atoms with Gasteiger partial charge in [-0.25, -0.2) is 0 Å². The predicted octanol–water partition coefficient (Wildman–Crippen LogP) is 9.24. The Bertz CT molecular complexity index is 983. The number of rotatable bonds is 18. The molecule has 4 nitrogen and oxygen atoms in total. The third kappa shape index (κ3) is 9.94. The Morgan fingerprint density at radius 3 is 2.15 bits per heavy atom. The van der Waals surface area contributed by atoms with Gasteiger partial charge in [0.25, 0.3) is 0 Å². The molecule has 2 aromatic rings. The Balaban J connectivity index is 1.90. The van der Waals surface area contributed by atoms with Crippen molar-refractivity contribution in [2.75, 3.05) is 33.5 Å². The van der Waals surface area contributed by atoms with Crippen molar-refractivity contribution in [1.29, 1.82) is 0 Å². The molecule has 0 spiro atoms. The maximum Gasteiger partial charge on any atom is 0.124 e. The number of hydrogen-bond acceptors (Lipinski definition) is 5. The number of hydrogen-bond donors (Lipinski definition) is 0. The maximum absolute atomic E-state index is 6.81. The van der Waals surface area contributed by atoms with E-state index in [9.17, 15) is 0 Å². The fourth-order valence-electron chi connectivity index (χ4n) is 5.12. The molecule has 0 bridgehead atoms. The van der Waals surface area contributed by atoms with Gasteiger partial charge in [-0.1, -0.05) is 82.8 Å². The van der Waals surface area contributed by atoms with E-state index in [0.29, 0.717) is 6.61 Å². The van der Waals surface area contributed by atoms with Gasteiger partial charge in [0, 0.05) is 35.7 Å². The summed E-state index contributed by atoms with van der Waals surface area (Å²) in [6, 6.07) is 13.1. The number of methoxy groups -OCH3 is 1. The molecule has 3 rings (SSSR count). The summed E-state index contributed by atoms with van der Waals surface area (Å²) in [4.78, 5) is 0. The third-order valence-electron chi connectivity index (χ3n) is 7.65. The summed E-state index contributed by atoms with van der Waals surface area (Å²) in [7, 11) is 1.74. The van der Waals surface area contributed by atoms with Crippen LogP contribution >= 0.6 is 23.4 Å². The Hall–Kier alpha value is -1.24. The Kier molecular flexibility index (Phi) is 15.2. The van der Waals surface area contributed by atoms with Crippen molar-refractivity contribution in [3.8, 4) is 5.75 Å². The van der Waals surface area contributed by atoms with Gasteiger partial charge in [-0.05, 0) is 67.3 Å². The molecule has 1 saturated heterocycles. The van der Waals surface area contributed by atoms with Crippen LogP contribution in [-0.2, 0) is 27.1 Å². The first kappa shape index (κ1) is 33.3. The number of ether oxygens (including phenoxy) is 4. The summed E-state index contributed by atoms with van der Waals surface area (Å²) in [5.74, 6) is 0.843. The summed E-state index contributed by atoms with van der Waals surface area (Å²) in [6.45, 7) is 11.8. The smallest absolute Gasteiger partial charge is 0.124 e. The largest absolute Gasteiger partial charge is 0.496 e. The molecular formula is C34H51ClO4S. The molecule has 40 heavy (non-hydrogen) atoms. The first-order valence-electron chi connectivity index (χ1n) is 15.4. The van der Waals surface area contributed by atoms with Gasteiger partial charge in [-0.2, -0.15) is 0 Å². The van der Waals surface area contributed by atoms with Crippen LogP contribution in [0, 0.1) is 0 Å². The van der Waals surface area contributed by atoms with Crippen molar-refractivity contribution in [3.63, 3.8) is 0 Å². The highest BCUT2D eigenvalue weighted by Gasteiger charge is 2.41. The number of unbranched alkanes of at least 4 members (excludes halogenated alkanes) is 3. The molecule has 0 aliphatic carbocycles. The van der Waals surface area contributed by atoms with E-state index >= 15 is 0 Å². The summed E-state index contributed by atoms with van der Waals surface area (Å²) < 4.78 is 25.2. The molecule has 1 aliphatic rings. The lowest BCUT2D eigenvalue weighted by Crippen LogP contribution is -2.46. The van der Waals surface area contributed by atoms with Crippen molar-refractivity contribution >= 4 is 23.4 Å². The predicted molar refractivity (Wildman–Crippen MR) is 170 cm³/mol. The van der Waals surface area contributed by atoms with E-state index in [-0.39, 0.29) is 22.7 Å². The highest BCUT2D eigenvalue weighted by Crippen LogP contribution is 2.48. The second kappa shape index (κ2) is 18.3. The molecule has 224 valence electrons. The van der Waals surface area contributed by atoms with Gasteiger partial charge in [0.1, 0.15) is 5.75 Å². The fourth-order valence-corrected chi connectivity index (χ4v) is 6.98. The number of benzene rings is 2. The van der Waals surface area contributed by atoms with E-state index in [0.717, 1.165) is 93.9 Å². The van der Waals surface area contributed by atoms with E-state index in [4.69, 9.17) is 30.5 Å². The molecule has 2 aromatic carbocycles. The van der Waals surface area contributed by atoms with E-state index in [1.54, 1.807) is 7.11 Å². The summed E-state index contributed by atoms with van der Waals surface area (Å²) in [6.07, 6.45) is 9.29. The zero-order valence-electron chi connectivity index (χ0n) is 25.4. The van der Waals surface area contributed by atoms with Crippen LogP contribution in [0.4, 0.5) is 0 Å². The molecule has 0 N–H and O–H groups in total. The summed E-state index contributed by atoms with van der Waals surface area (Å²) in [5.41, 5.74) is 4.93. The lowest BCUT2D eigenvalue weighted by atomic mass is 9.95. The molecule has 0 radical (unpaired) electrons. The van der Waals surface area contributed by atoms with Crippen LogP contribution < -0.4 is 4.74 Å². The van der Waals surface area contributed by atoms with E-state index in [2.05, 4.69) is 58.0 Å². The van der Waals surface area contributed by atoms with Gasteiger partial charge in [-0.15, -0.1) is 11.8 Å². The van der Waals surface area contributed by atoms with Crippen LogP contribution in [0.5, 0.6) is 5.75 Å². The highest BCUT2D eigenvalue weighted by atomic mass is 35.5. The van der Waals surface area contributed by atoms with Gasteiger partial charge < -0.3 is 18.9 Å². The molecule has 4 atom stereocenters. The molecule has 0 amide bonds. The topological polar surface area (TPSA) is 36.9 Å². The van der Waals surface area contributed by atoms with Gasteiger partial charge >= 0.3 is 0 Å². The van der Waals surface area contributed by atoms with Crippen molar-refractivity contribution in [3.05, 3.63) is 63.7 Å². The van der Waals surface area contributed by atoms with Crippen LogP contribution in [0.15, 0.2) is 36.4 Å². The van der Waals surface area contributed by atoms with Gasteiger partial charge in [0.15, 0.2) is 0 Å². The van der Waals surface area contributed by atoms with Crippen molar-refractivity contribution < 1.29 is 18.9 Å². The van der Waals surface area contributed by atoms with Crippen LogP contribution in [0.2, 0.25) is 5.02 Å². The Labute approximate surface area is 252 Å². The molecule has 0 unspecified atom stereocenters. The molecule has 1 fully saturated rings. The summed E-state index contributed by atoms with van der Waals surface area (Å²) in [5, 5.41) is 1.13. The molecule has 1 heterocycles. The lowest BCUT2D eigenvalue weighted by molar-refractivity contribution is -0.0889. The van der Waals surface area contributed by atoms with Crippen LogP contribution in [0.1, 0.15) is 100 Å². The zero-order valence-corrected chi connectivity index (χ0v) is 27.0. The van der Waals surface area contributed by atoms with Crippen LogP contribution in [0.25, 0.3) is 0 Å². The molecular weight excluding hydrogens is 540 g/mol. The standard InChI is InChI=1S/C34H51ClO4S/c1-6-10-17-37-24-33-34(39-19-12-8-3)31(38-18-11-7-2)23-32(40-33)28-21-27(29(35)22-30(28)36-5)20-26-15-13-25(9-4)14-16-26/h13-16,21-22,31-34H,6-12,17-20,23-24H2,1-5H3/t31-,32-,33-,34+/m1/s1. The van der Waals surface area contributed by atoms with E-state index in [1.165, 1.54) is 16.7 Å². The average Bonchev–Trinajstić information content (AvgIpc) is 2.97. The van der Waals surface area contributed by atoms with Crippen LogP contribution in [-0.4, -0.2) is 51.0 Å². The first-order valence-corrected chi connectivity index (χ1v) is 16.8. The molecule has 0 saturated carbocycles. The lowest BCUT2D eigenvalue weighted by Gasteiger charge is -2.41. The quantitative estimate of drug-likeness (QED) is 0.162. The minimum atomic E-state index is 0.0138. The van der Waals surface area contributed by atoms with Crippen molar-refractivity contribution in [2.45, 2.75) is 108 Å². The SMILES string of the molecule is CCCCOC[C@H]1S[C@@H](c2cc(Cc3ccc(CC)cc3)c(Cl)cc2OC)C[C@@H](OCCCC)[C@@H]1OCCCC. The van der Waals surface area contributed by atoms with E-state index < -0.39 is 0 Å². The first-order chi connectivity index (χ1) is 19.5. The molecule has 0 aromatic heterocycles. The van der Waals surface area contributed by atoms with Gasteiger partial charge in [0.05, 0.1) is 31.2 Å². The molecule has 1 aliphatic heterocycles. The number of thioether (sulfide) groups is 1. The van der Waals surface area contributed by atoms with Crippen LogP contribution in [0.3, 0.4) is 0 Å². The fraction of sp³-hybridized carbons (Fsp3) is 0.647. The molecule has 6 heteroatoms. The third-order valence-corrected chi connectivity index (χ3v) is 9.53. The Morgan fingerprint density at radius 2 is 1.50 bits per heavy atom. The Morgan fingerprint density at radius 1 is 0.850 bits per heavy atom. The van der Waals surface area contributed by atoms with Crippen molar-refractivity contribution in [2.24, 2.45) is 0 Å². The number of aryl methyl sites for hydroxylation is 1. The van der Waals surface area contributed by atoms with Gasteiger partial charge in [0.2, 0.25) is 0 Å². The van der Waals surface area contributed by atoms with E-state index in [1.807, 2.05) is 17.8 Å². The monoisotopic (exact) mass is 590 g/mol. The second-order valence-corrected chi connectivity index (χ2v) is 12.7. The minimum Gasteiger partial charge on any atom is -0.496 e. The van der Waals surface area contributed by atoms with Crippen molar-refractivity contribution in [1.82, 2.24) is 0 Å². The number of halogens is 1. The zero-order chi connectivity index (χ0) is 28.7. The minimum absolute atomic E-state index is 0.0138. The normalized spacial score (nSPS) is 21.1. The average molecular weight is 591 g/mol. The maximum atomic E-state index is 6.81. The summed E-state index contributed by atoms with van der Waals surface area (Å²) >= 11 is 8.76.